The Kier molecular flexibility index (Phi) is 6.94. The van der Waals surface area contributed by atoms with E-state index in [9.17, 15) is 9.90 Å². The molecule has 0 radical (unpaired) electrons. The predicted molar refractivity (Wildman–Crippen MR) is 146 cm³/mol. The lowest BCUT2D eigenvalue weighted by Gasteiger charge is -2.58. The summed E-state index contributed by atoms with van der Waals surface area (Å²) in [5, 5.41) is 10.3. The summed E-state index contributed by atoms with van der Waals surface area (Å²) in [6.45, 7) is 11.5. The van der Waals surface area contributed by atoms with Crippen LogP contribution in [0.15, 0.2) is 42.0 Å². The van der Waals surface area contributed by atoms with Gasteiger partial charge < -0.3 is 9.84 Å². The van der Waals surface area contributed by atoms with Crippen molar-refractivity contribution in [2.24, 2.45) is 40.4 Å². The molecule has 8 unspecified atom stereocenters. The molecule has 4 aliphatic rings. The minimum absolute atomic E-state index is 0.00919. The number of hydrogen-bond acceptors (Lipinski definition) is 3. The average Bonchev–Trinajstić information content (AvgIpc) is 3.20. The summed E-state index contributed by atoms with van der Waals surface area (Å²) in [6.07, 6.45) is 14.3. The van der Waals surface area contributed by atoms with E-state index < -0.39 is 5.60 Å². The fourth-order valence-electron chi connectivity index (χ4n) is 9.28. The number of aliphatic hydroxyl groups is 1. The quantitative estimate of drug-likeness (QED) is 0.323. The van der Waals surface area contributed by atoms with Crippen molar-refractivity contribution in [3.05, 3.63) is 47.5 Å². The van der Waals surface area contributed by atoms with Gasteiger partial charge in [-0.2, -0.15) is 0 Å². The molecule has 3 fully saturated rings. The second-order valence-electron chi connectivity index (χ2n) is 14.0. The van der Waals surface area contributed by atoms with Crippen LogP contribution in [0.2, 0.25) is 0 Å². The number of rotatable bonds is 6. The summed E-state index contributed by atoms with van der Waals surface area (Å²) >= 11 is 0. The fourth-order valence-corrected chi connectivity index (χ4v) is 9.28. The number of benzene rings is 1. The molecule has 5 rings (SSSR count). The van der Waals surface area contributed by atoms with Crippen LogP contribution in [-0.4, -0.2) is 22.8 Å². The van der Waals surface area contributed by atoms with Crippen LogP contribution >= 0.6 is 0 Å². The van der Waals surface area contributed by atoms with E-state index in [1.807, 2.05) is 44.2 Å². The average molecular weight is 493 g/mol. The third-order valence-corrected chi connectivity index (χ3v) is 11.3. The van der Waals surface area contributed by atoms with Gasteiger partial charge in [0.05, 0.1) is 11.2 Å². The number of ether oxygens (including phenoxy) is 1. The van der Waals surface area contributed by atoms with Crippen LogP contribution in [0.25, 0.3) is 0 Å². The Morgan fingerprint density at radius 3 is 2.56 bits per heavy atom. The van der Waals surface area contributed by atoms with E-state index in [4.69, 9.17) is 4.74 Å². The summed E-state index contributed by atoms with van der Waals surface area (Å²) in [5.74, 6) is 3.69. The van der Waals surface area contributed by atoms with Crippen LogP contribution in [0.4, 0.5) is 0 Å². The second-order valence-corrected chi connectivity index (χ2v) is 14.0. The maximum atomic E-state index is 12.7. The maximum absolute atomic E-state index is 12.7. The molecule has 0 aromatic heterocycles. The highest BCUT2D eigenvalue weighted by molar-refractivity contribution is 5.89. The number of hydrogen-bond donors (Lipinski definition) is 1. The molecule has 0 aliphatic heterocycles. The highest BCUT2D eigenvalue weighted by atomic mass is 16.5. The van der Waals surface area contributed by atoms with Crippen molar-refractivity contribution in [1.82, 2.24) is 0 Å². The third kappa shape index (κ3) is 4.70. The van der Waals surface area contributed by atoms with Crippen LogP contribution in [0.5, 0.6) is 0 Å². The van der Waals surface area contributed by atoms with Gasteiger partial charge in [-0.25, -0.2) is 4.79 Å². The number of carbonyl (C=O) groups is 1. The van der Waals surface area contributed by atoms with E-state index in [0.29, 0.717) is 16.9 Å². The second kappa shape index (κ2) is 9.61. The Bertz CT molecular complexity index is 974. The summed E-state index contributed by atoms with van der Waals surface area (Å²) in [7, 11) is 0. The zero-order chi connectivity index (χ0) is 25.7. The first-order valence-corrected chi connectivity index (χ1v) is 14.7. The molecule has 4 aliphatic carbocycles. The smallest absolute Gasteiger partial charge is 0.338 e. The van der Waals surface area contributed by atoms with Crippen LogP contribution in [-0.2, 0) is 4.74 Å². The molecule has 36 heavy (non-hydrogen) atoms. The van der Waals surface area contributed by atoms with E-state index in [1.54, 1.807) is 5.57 Å². The minimum Gasteiger partial charge on any atom is -0.458 e. The van der Waals surface area contributed by atoms with Crippen molar-refractivity contribution >= 4 is 5.97 Å². The zero-order valence-electron chi connectivity index (χ0n) is 23.3. The van der Waals surface area contributed by atoms with Gasteiger partial charge in [-0.3, -0.25) is 0 Å². The molecule has 3 heteroatoms. The van der Waals surface area contributed by atoms with E-state index in [0.717, 1.165) is 55.8 Å². The highest BCUT2D eigenvalue weighted by Crippen LogP contribution is 2.67. The van der Waals surface area contributed by atoms with Crippen molar-refractivity contribution in [2.75, 3.05) is 0 Å². The van der Waals surface area contributed by atoms with Gasteiger partial charge in [-0.15, -0.1) is 0 Å². The molecule has 0 bridgehead atoms. The predicted octanol–water partition coefficient (Wildman–Crippen LogP) is 7.98. The minimum atomic E-state index is -0.557. The first kappa shape index (κ1) is 26.0. The normalized spacial score (nSPS) is 38.8. The molecule has 3 saturated carbocycles. The lowest BCUT2D eigenvalue weighted by molar-refractivity contribution is -0.0605. The van der Waals surface area contributed by atoms with Gasteiger partial charge in [0.2, 0.25) is 0 Å². The molecule has 3 nitrogen and oxygen atoms in total. The first-order valence-electron chi connectivity index (χ1n) is 14.7. The molecule has 1 aromatic carbocycles. The van der Waals surface area contributed by atoms with Crippen LogP contribution in [0, 0.1) is 40.4 Å². The maximum Gasteiger partial charge on any atom is 0.338 e. The van der Waals surface area contributed by atoms with Gasteiger partial charge in [0.15, 0.2) is 0 Å². The van der Waals surface area contributed by atoms with Gasteiger partial charge in [0.1, 0.15) is 6.10 Å². The lowest BCUT2D eigenvalue weighted by Crippen LogP contribution is -2.51. The summed E-state index contributed by atoms with van der Waals surface area (Å²) in [5.41, 5.74) is 2.38. The Balaban J connectivity index is 1.27. The standard InChI is InChI=1S/C33H48O3/c1-22(15-18-31(2,3)35)27-13-14-28-26-12-11-24-21-25(36-30(34)23-9-7-6-8-10-23)16-19-32(24,4)29(26)17-20-33(27,28)5/h6-11,22,25-29,35H,12-21H2,1-5H3. The number of esters is 1. The van der Waals surface area contributed by atoms with Crippen molar-refractivity contribution in [3.63, 3.8) is 0 Å². The van der Waals surface area contributed by atoms with Gasteiger partial charge in [-0.05, 0) is 124 Å². The largest absolute Gasteiger partial charge is 0.458 e. The first-order chi connectivity index (χ1) is 17.0. The highest BCUT2D eigenvalue weighted by Gasteiger charge is 2.59. The van der Waals surface area contributed by atoms with Gasteiger partial charge in [0.25, 0.3) is 0 Å². The van der Waals surface area contributed by atoms with Gasteiger partial charge >= 0.3 is 5.97 Å². The molecule has 0 amide bonds. The summed E-state index contributed by atoms with van der Waals surface area (Å²) in [6, 6.07) is 9.43. The van der Waals surface area contributed by atoms with E-state index >= 15 is 0 Å². The molecule has 0 spiro atoms. The Morgan fingerprint density at radius 2 is 1.83 bits per heavy atom. The van der Waals surface area contributed by atoms with Crippen molar-refractivity contribution < 1.29 is 14.6 Å². The zero-order valence-corrected chi connectivity index (χ0v) is 23.3. The Labute approximate surface area is 219 Å². The fraction of sp³-hybridized carbons (Fsp3) is 0.727. The topological polar surface area (TPSA) is 46.5 Å². The van der Waals surface area contributed by atoms with Crippen LogP contribution in [0.1, 0.15) is 109 Å². The molecule has 8 atom stereocenters. The monoisotopic (exact) mass is 492 g/mol. The van der Waals surface area contributed by atoms with Gasteiger partial charge in [0, 0.05) is 6.42 Å². The number of carbonyl (C=O) groups excluding carboxylic acids is 1. The summed E-state index contributed by atoms with van der Waals surface area (Å²) in [4.78, 5) is 12.7. The number of fused-ring (bicyclic) bond motifs is 5. The molecule has 1 N–H and O–H groups in total. The molecule has 1 aromatic rings. The molecule has 0 heterocycles. The van der Waals surface area contributed by atoms with E-state index in [1.165, 1.54) is 32.1 Å². The molecule has 0 saturated heterocycles. The molecular weight excluding hydrogens is 444 g/mol. The Hall–Kier alpha value is -1.61. The van der Waals surface area contributed by atoms with Crippen molar-refractivity contribution in [3.8, 4) is 0 Å². The number of allylic oxidation sites excluding steroid dienone is 1. The van der Waals surface area contributed by atoms with E-state index in [2.05, 4.69) is 26.8 Å². The Morgan fingerprint density at radius 1 is 1.08 bits per heavy atom. The van der Waals surface area contributed by atoms with Gasteiger partial charge in [-0.1, -0.05) is 50.6 Å². The van der Waals surface area contributed by atoms with E-state index in [-0.39, 0.29) is 17.5 Å². The van der Waals surface area contributed by atoms with Crippen LogP contribution in [0.3, 0.4) is 0 Å². The van der Waals surface area contributed by atoms with Crippen LogP contribution < -0.4 is 0 Å². The van der Waals surface area contributed by atoms with Crippen molar-refractivity contribution in [1.29, 1.82) is 0 Å². The molecular formula is C33H48O3. The third-order valence-electron chi connectivity index (χ3n) is 11.3. The SMILES string of the molecule is CC(CCC(C)(C)O)C1CCC2C3CC=C4CC(OC(=O)c5ccccc5)CCC4(C)C3CCC12C. The molecule has 198 valence electrons. The van der Waals surface area contributed by atoms with Crippen molar-refractivity contribution in [2.45, 2.75) is 111 Å². The summed E-state index contributed by atoms with van der Waals surface area (Å²) < 4.78 is 5.98. The lowest BCUT2D eigenvalue weighted by atomic mass is 9.47.